The zero-order valence-electron chi connectivity index (χ0n) is 10.7. The first-order valence-corrected chi connectivity index (χ1v) is 7.10. The molecule has 2 N–H and O–H groups in total. The van der Waals surface area contributed by atoms with Crippen LogP contribution in [-0.4, -0.2) is 37.8 Å². The first kappa shape index (κ1) is 12.7. The fourth-order valence-corrected chi connectivity index (χ4v) is 2.69. The van der Waals surface area contributed by atoms with E-state index >= 15 is 0 Å². The minimum Gasteiger partial charge on any atom is -0.352 e. The normalized spacial score (nSPS) is 11.0. The third-order valence-electron chi connectivity index (χ3n) is 2.78. The van der Waals surface area contributed by atoms with Gasteiger partial charge in [0.05, 0.1) is 16.8 Å². The third kappa shape index (κ3) is 2.27. The molecule has 0 saturated heterocycles. The zero-order valence-corrected chi connectivity index (χ0v) is 11.5. The number of carbonyl (C=O) groups is 1. The van der Waals surface area contributed by atoms with Crippen LogP contribution in [0.1, 0.15) is 0 Å². The molecule has 102 valence electrons. The van der Waals surface area contributed by atoms with Gasteiger partial charge in [0.2, 0.25) is 11.7 Å². The molecule has 0 bridgehead atoms. The molecule has 7 heteroatoms. The average molecular weight is 287 g/mol. The Hall–Kier alpha value is -2.28. The Balaban J connectivity index is 1.85. The van der Waals surface area contributed by atoms with E-state index in [9.17, 15) is 4.79 Å². The first-order chi connectivity index (χ1) is 9.79. The Morgan fingerprint density at radius 1 is 1.50 bits per heavy atom. The predicted octanol–water partition coefficient (Wildman–Crippen LogP) is 1.60. The number of hydrogen-bond acceptors (Lipinski definition) is 4. The number of rotatable bonds is 5. The number of benzene rings is 1. The van der Waals surface area contributed by atoms with Crippen molar-refractivity contribution in [1.82, 2.24) is 24.9 Å². The molecule has 1 aromatic carbocycles. The van der Waals surface area contributed by atoms with Crippen LogP contribution in [0.25, 0.3) is 16.8 Å². The van der Waals surface area contributed by atoms with Crippen molar-refractivity contribution in [3.63, 3.8) is 0 Å². The number of aromatic amines is 1. The minimum atomic E-state index is -0.0459. The van der Waals surface area contributed by atoms with E-state index in [1.165, 1.54) is 11.8 Å². The van der Waals surface area contributed by atoms with Crippen LogP contribution in [0.3, 0.4) is 0 Å². The molecule has 0 unspecified atom stereocenters. The van der Waals surface area contributed by atoms with E-state index in [-0.39, 0.29) is 5.91 Å². The maximum atomic E-state index is 11.6. The maximum absolute atomic E-state index is 11.6. The average Bonchev–Trinajstić information content (AvgIpc) is 3.02. The number of carbonyl (C=O) groups excluding carboxylic acids is 1. The fourth-order valence-electron chi connectivity index (χ4n) is 1.91. The molecule has 3 rings (SSSR count). The van der Waals surface area contributed by atoms with Crippen LogP contribution in [0.4, 0.5) is 0 Å². The summed E-state index contributed by atoms with van der Waals surface area (Å²) < 4.78 is 1.92. The van der Waals surface area contributed by atoms with Gasteiger partial charge in [0.25, 0.3) is 0 Å². The van der Waals surface area contributed by atoms with Crippen molar-refractivity contribution in [2.75, 3.05) is 12.3 Å². The molecule has 1 amide bonds. The molecule has 0 aliphatic carbocycles. The van der Waals surface area contributed by atoms with Gasteiger partial charge in [-0.3, -0.25) is 9.20 Å². The number of imidazole rings is 1. The summed E-state index contributed by atoms with van der Waals surface area (Å²) in [6.07, 6.45) is 1.65. The van der Waals surface area contributed by atoms with Crippen LogP contribution in [0.2, 0.25) is 0 Å². The second-order valence-corrected chi connectivity index (χ2v) is 5.09. The molecule has 0 saturated carbocycles. The molecule has 3 aromatic rings. The Kier molecular flexibility index (Phi) is 3.42. The number of amides is 1. The van der Waals surface area contributed by atoms with Crippen molar-refractivity contribution < 1.29 is 4.79 Å². The van der Waals surface area contributed by atoms with E-state index in [4.69, 9.17) is 0 Å². The fraction of sp³-hybridized carbons (Fsp3) is 0.154. The van der Waals surface area contributed by atoms with E-state index in [2.05, 4.69) is 27.1 Å². The van der Waals surface area contributed by atoms with Crippen LogP contribution < -0.4 is 5.32 Å². The SMILES string of the molecule is C=CCNC(=O)CSc1n[nH]c2nc3ccccc3n12. The lowest BCUT2D eigenvalue weighted by atomic mass is 10.3. The third-order valence-corrected chi connectivity index (χ3v) is 3.72. The highest BCUT2D eigenvalue weighted by Gasteiger charge is 2.12. The summed E-state index contributed by atoms with van der Waals surface area (Å²) in [6.45, 7) is 4.04. The summed E-state index contributed by atoms with van der Waals surface area (Å²) in [6, 6.07) is 7.82. The lowest BCUT2D eigenvalue weighted by Crippen LogP contribution is -2.25. The number of H-pyrrole nitrogens is 1. The van der Waals surface area contributed by atoms with Gasteiger partial charge in [0, 0.05) is 6.54 Å². The molecule has 0 aliphatic rings. The van der Waals surface area contributed by atoms with Gasteiger partial charge < -0.3 is 5.32 Å². The van der Waals surface area contributed by atoms with Crippen molar-refractivity contribution in [2.24, 2.45) is 0 Å². The van der Waals surface area contributed by atoms with E-state index in [0.717, 1.165) is 16.2 Å². The smallest absolute Gasteiger partial charge is 0.231 e. The van der Waals surface area contributed by atoms with Crippen LogP contribution in [0.5, 0.6) is 0 Å². The van der Waals surface area contributed by atoms with E-state index < -0.39 is 0 Å². The summed E-state index contributed by atoms with van der Waals surface area (Å²) in [7, 11) is 0. The van der Waals surface area contributed by atoms with Crippen molar-refractivity contribution in [1.29, 1.82) is 0 Å². The lowest BCUT2D eigenvalue weighted by molar-refractivity contribution is -0.118. The van der Waals surface area contributed by atoms with E-state index in [1.54, 1.807) is 6.08 Å². The van der Waals surface area contributed by atoms with Crippen molar-refractivity contribution in [3.8, 4) is 0 Å². The zero-order chi connectivity index (χ0) is 13.9. The molecule has 0 radical (unpaired) electrons. The topological polar surface area (TPSA) is 75.1 Å². The van der Waals surface area contributed by atoms with Crippen LogP contribution in [0, 0.1) is 0 Å². The Labute approximate surface area is 119 Å². The standard InChI is InChI=1S/C13H13N5OS/c1-2-7-14-11(19)8-20-13-17-16-12-15-9-5-3-4-6-10(9)18(12)13/h2-6H,1,7-8H2,(H,14,19)(H,15,16). The maximum Gasteiger partial charge on any atom is 0.231 e. The molecule has 2 aromatic heterocycles. The van der Waals surface area contributed by atoms with Gasteiger partial charge >= 0.3 is 0 Å². The van der Waals surface area contributed by atoms with Gasteiger partial charge in [-0.05, 0) is 12.1 Å². The largest absolute Gasteiger partial charge is 0.352 e. The first-order valence-electron chi connectivity index (χ1n) is 6.11. The van der Waals surface area contributed by atoms with Crippen LogP contribution >= 0.6 is 11.8 Å². The molecule has 6 nitrogen and oxygen atoms in total. The molecule has 2 heterocycles. The Morgan fingerprint density at radius 2 is 2.35 bits per heavy atom. The van der Waals surface area contributed by atoms with E-state index in [1.807, 2.05) is 28.7 Å². The number of para-hydroxylation sites is 2. The Morgan fingerprint density at radius 3 is 3.20 bits per heavy atom. The molecular formula is C13H13N5OS. The van der Waals surface area contributed by atoms with Crippen LogP contribution in [0.15, 0.2) is 42.1 Å². The predicted molar refractivity (Wildman–Crippen MR) is 78.8 cm³/mol. The lowest BCUT2D eigenvalue weighted by Gasteiger charge is -2.01. The number of aromatic nitrogens is 4. The number of nitrogens with zero attached hydrogens (tertiary/aromatic N) is 3. The van der Waals surface area contributed by atoms with Gasteiger partial charge in [-0.15, -0.1) is 11.7 Å². The monoisotopic (exact) mass is 287 g/mol. The van der Waals surface area contributed by atoms with Gasteiger partial charge in [0.1, 0.15) is 0 Å². The number of fused-ring (bicyclic) bond motifs is 3. The molecule has 0 spiro atoms. The Bertz CT molecular complexity index is 775. The highest BCUT2D eigenvalue weighted by molar-refractivity contribution is 7.99. The summed E-state index contributed by atoms with van der Waals surface area (Å²) in [5.74, 6) is 0.941. The summed E-state index contributed by atoms with van der Waals surface area (Å²) in [5.41, 5.74) is 1.88. The number of thioether (sulfide) groups is 1. The number of nitrogens with one attached hydrogen (secondary N) is 2. The molecular weight excluding hydrogens is 274 g/mol. The van der Waals surface area contributed by atoms with Crippen LogP contribution in [-0.2, 0) is 4.79 Å². The summed E-state index contributed by atoms with van der Waals surface area (Å²) >= 11 is 1.37. The van der Waals surface area contributed by atoms with E-state index in [0.29, 0.717) is 18.1 Å². The van der Waals surface area contributed by atoms with Gasteiger partial charge in [-0.2, -0.15) is 0 Å². The molecule has 0 aliphatic heterocycles. The molecule has 0 fully saturated rings. The van der Waals surface area contributed by atoms with Crippen molar-refractivity contribution >= 4 is 34.5 Å². The van der Waals surface area contributed by atoms with Gasteiger partial charge in [-0.1, -0.05) is 30.0 Å². The second kappa shape index (κ2) is 5.38. The van der Waals surface area contributed by atoms with Gasteiger partial charge in [0.15, 0.2) is 5.16 Å². The van der Waals surface area contributed by atoms with Crippen molar-refractivity contribution in [2.45, 2.75) is 5.16 Å². The summed E-state index contributed by atoms with van der Waals surface area (Å²) in [4.78, 5) is 16.0. The highest BCUT2D eigenvalue weighted by Crippen LogP contribution is 2.22. The number of hydrogen-bond donors (Lipinski definition) is 2. The summed E-state index contributed by atoms with van der Waals surface area (Å²) in [5, 5.41) is 10.5. The minimum absolute atomic E-state index is 0.0459. The van der Waals surface area contributed by atoms with Gasteiger partial charge in [-0.25, -0.2) is 10.1 Å². The second-order valence-electron chi connectivity index (χ2n) is 4.15. The molecule has 20 heavy (non-hydrogen) atoms. The molecule has 0 atom stereocenters. The quantitative estimate of drug-likeness (QED) is 0.552. The van der Waals surface area contributed by atoms with Crippen molar-refractivity contribution in [3.05, 3.63) is 36.9 Å². The highest BCUT2D eigenvalue weighted by atomic mass is 32.2.